The zero-order valence-corrected chi connectivity index (χ0v) is 24.1. The molecule has 0 spiro atoms. The maximum absolute atomic E-state index is 14.5. The summed E-state index contributed by atoms with van der Waals surface area (Å²) in [4.78, 5) is 25.4. The highest BCUT2D eigenvalue weighted by molar-refractivity contribution is 5.83. The molecule has 4 saturated carbocycles. The molecule has 1 aromatic carbocycles. The van der Waals surface area contributed by atoms with Gasteiger partial charge in [-0.3, -0.25) is 9.59 Å². The molecule has 216 valence electrons. The van der Waals surface area contributed by atoms with Gasteiger partial charge in [0.15, 0.2) is 0 Å². The van der Waals surface area contributed by atoms with Crippen LogP contribution in [0.3, 0.4) is 0 Å². The third-order valence-electron chi connectivity index (χ3n) is 12.0. The van der Waals surface area contributed by atoms with Crippen molar-refractivity contribution in [3.05, 3.63) is 35.6 Å². The number of hydrogen-bond acceptors (Lipinski definition) is 5. The van der Waals surface area contributed by atoms with Crippen LogP contribution < -0.4 is 0 Å². The minimum Gasteiger partial charge on any atom is -0.458 e. The minimum atomic E-state index is -0.793. The molecule has 0 aliphatic heterocycles. The Bertz CT molecular complexity index is 1070. The highest BCUT2D eigenvalue weighted by atomic mass is 19.1. The zero-order chi connectivity index (χ0) is 28.1. The number of carbonyl (C=O) groups is 2. The summed E-state index contributed by atoms with van der Waals surface area (Å²) in [6, 6.07) is 6.54. The van der Waals surface area contributed by atoms with Gasteiger partial charge in [0, 0.05) is 24.8 Å². The molecule has 5 nitrogen and oxygen atoms in total. The second-order valence-corrected chi connectivity index (χ2v) is 13.9. The van der Waals surface area contributed by atoms with Gasteiger partial charge in [-0.1, -0.05) is 45.4 Å². The van der Waals surface area contributed by atoms with E-state index in [2.05, 4.69) is 20.8 Å². The summed E-state index contributed by atoms with van der Waals surface area (Å²) in [5.74, 6) is 1.18. The van der Waals surface area contributed by atoms with Gasteiger partial charge in [0.1, 0.15) is 17.7 Å². The summed E-state index contributed by atoms with van der Waals surface area (Å²) in [5, 5.41) is 21.1. The van der Waals surface area contributed by atoms with Gasteiger partial charge in [0.25, 0.3) is 0 Å². The molecular weight excluding hydrogens is 495 g/mol. The lowest BCUT2D eigenvalue weighted by Gasteiger charge is -2.61. The normalized spacial score (nSPS) is 41.2. The lowest BCUT2D eigenvalue weighted by molar-refractivity contribution is -0.182. The number of halogens is 1. The molecule has 0 bridgehead atoms. The van der Waals surface area contributed by atoms with E-state index < -0.39 is 24.3 Å². The van der Waals surface area contributed by atoms with E-state index in [0.717, 1.165) is 44.9 Å². The van der Waals surface area contributed by atoms with E-state index in [-0.39, 0.29) is 28.5 Å². The van der Waals surface area contributed by atoms with Crippen LogP contribution in [0.4, 0.5) is 4.39 Å². The highest BCUT2D eigenvalue weighted by Gasteiger charge is 2.64. The Kier molecular flexibility index (Phi) is 8.02. The molecule has 6 heteroatoms. The first-order valence-electron chi connectivity index (χ1n) is 15.3. The molecule has 0 saturated heterocycles. The van der Waals surface area contributed by atoms with Crippen molar-refractivity contribution in [1.82, 2.24) is 0 Å². The molecule has 39 heavy (non-hydrogen) atoms. The van der Waals surface area contributed by atoms with Gasteiger partial charge in [-0.05, 0) is 97.9 Å². The number of Topliss-reactive ketones (excluding diaryl/α,β-unsaturated/α-hetero) is 1. The molecule has 1 unspecified atom stereocenters. The van der Waals surface area contributed by atoms with E-state index in [1.54, 1.807) is 18.2 Å². The van der Waals surface area contributed by atoms with Crippen molar-refractivity contribution in [3.63, 3.8) is 0 Å². The molecule has 0 heterocycles. The summed E-state index contributed by atoms with van der Waals surface area (Å²) in [6.07, 6.45) is 6.57. The Labute approximate surface area is 232 Å². The topological polar surface area (TPSA) is 83.8 Å². The maximum atomic E-state index is 14.5. The van der Waals surface area contributed by atoms with Crippen molar-refractivity contribution in [3.8, 4) is 0 Å². The van der Waals surface area contributed by atoms with Crippen molar-refractivity contribution in [1.29, 1.82) is 0 Å². The molecular formula is C33H47FO5. The van der Waals surface area contributed by atoms with Crippen LogP contribution >= 0.6 is 0 Å². The fraction of sp³-hybridized carbons (Fsp3) is 0.758. The molecule has 11 atom stereocenters. The Morgan fingerprint density at radius 2 is 1.72 bits per heavy atom. The van der Waals surface area contributed by atoms with Crippen LogP contribution in [0.2, 0.25) is 0 Å². The van der Waals surface area contributed by atoms with Crippen molar-refractivity contribution in [2.24, 2.45) is 46.3 Å². The van der Waals surface area contributed by atoms with E-state index in [1.807, 2.05) is 0 Å². The highest BCUT2D eigenvalue weighted by Crippen LogP contribution is 2.67. The summed E-state index contributed by atoms with van der Waals surface area (Å²) in [7, 11) is 0. The minimum absolute atomic E-state index is 0.0686. The fourth-order valence-corrected chi connectivity index (χ4v) is 9.99. The van der Waals surface area contributed by atoms with Gasteiger partial charge in [-0.2, -0.15) is 0 Å². The Balaban J connectivity index is 1.26. The molecule has 0 amide bonds. The number of aliphatic hydroxyl groups is 2. The van der Waals surface area contributed by atoms with Crippen LogP contribution in [0.15, 0.2) is 24.3 Å². The second kappa shape index (κ2) is 10.9. The Morgan fingerprint density at radius 1 is 1.03 bits per heavy atom. The molecule has 4 fully saturated rings. The van der Waals surface area contributed by atoms with Crippen molar-refractivity contribution in [2.45, 2.75) is 110 Å². The van der Waals surface area contributed by atoms with Crippen LogP contribution in [-0.4, -0.2) is 34.2 Å². The number of benzene rings is 1. The predicted octanol–water partition coefficient (Wildman–Crippen LogP) is 6.41. The number of aliphatic hydroxyl groups excluding tert-OH is 2. The monoisotopic (exact) mass is 542 g/mol. The summed E-state index contributed by atoms with van der Waals surface area (Å²) >= 11 is 0. The standard InChI is InChI=1S/C33H47FO5/c1-19(8-7-11-29(39-20(2)35)21-9-5-6-10-26(21)34)22-12-13-23-30-24(14-16-32(22,23)3)33(4)17-15-27(36)31(38)25(33)18-28(30)37/h5-6,9-10,19,22-25,27,29-31,36,38H,7-8,11-18H2,1-4H3/t19-,22-,23+,24+,25+,27+,29?,30+,31-,32-,33-/m1/s1. The third kappa shape index (κ3) is 4.98. The average Bonchev–Trinajstić information content (AvgIpc) is 3.24. The second-order valence-electron chi connectivity index (χ2n) is 13.9. The van der Waals surface area contributed by atoms with E-state index in [4.69, 9.17) is 4.74 Å². The quantitative estimate of drug-likeness (QED) is 0.389. The first-order chi connectivity index (χ1) is 18.5. The SMILES string of the molecule is CC(=O)OC(CCC[C@@H](C)[C@H]1CC[C@H]2[C@@H]3C(=O)C[C@H]4[C@@H](O)[C@@H](O)CC[C@]4(C)[C@H]3CC[C@]12C)c1ccccc1F. The smallest absolute Gasteiger partial charge is 0.303 e. The van der Waals surface area contributed by atoms with Crippen molar-refractivity contribution in [2.75, 3.05) is 0 Å². The van der Waals surface area contributed by atoms with Gasteiger partial charge < -0.3 is 14.9 Å². The lowest BCUT2D eigenvalue weighted by atomic mass is 9.43. The molecule has 4 aliphatic carbocycles. The molecule has 4 aliphatic rings. The van der Waals surface area contributed by atoms with Gasteiger partial charge in [0.2, 0.25) is 0 Å². The lowest BCUT2D eigenvalue weighted by Crippen LogP contribution is -2.61. The van der Waals surface area contributed by atoms with Crippen LogP contribution in [0.5, 0.6) is 0 Å². The number of carbonyl (C=O) groups excluding carboxylic acids is 2. The third-order valence-corrected chi connectivity index (χ3v) is 12.0. The van der Waals surface area contributed by atoms with E-state index in [1.165, 1.54) is 13.0 Å². The van der Waals surface area contributed by atoms with E-state index in [9.17, 15) is 24.2 Å². The van der Waals surface area contributed by atoms with Crippen molar-refractivity contribution < 1.29 is 28.9 Å². The van der Waals surface area contributed by atoms with Crippen LogP contribution in [-0.2, 0) is 14.3 Å². The number of fused-ring (bicyclic) bond motifs is 5. The van der Waals surface area contributed by atoms with Crippen LogP contribution in [0.25, 0.3) is 0 Å². The van der Waals surface area contributed by atoms with Gasteiger partial charge in [0.05, 0.1) is 12.2 Å². The van der Waals surface area contributed by atoms with Gasteiger partial charge in [-0.25, -0.2) is 4.39 Å². The summed E-state index contributed by atoms with van der Waals surface area (Å²) < 4.78 is 20.0. The molecule has 0 aromatic heterocycles. The number of rotatable bonds is 7. The first-order valence-corrected chi connectivity index (χ1v) is 15.3. The largest absolute Gasteiger partial charge is 0.458 e. The number of hydrogen-bond donors (Lipinski definition) is 2. The average molecular weight is 543 g/mol. The molecule has 1 aromatic rings. The fourth-order valence-electron chi connectivity index (χ4n) is 9.99. The van der Waals surface area contributed by atoms with Crippen LogP contribution in [0, 0.1) is 52.2 Å². The number of ketones is 1. The maximum Gasteiger partial charge on any atom is 0.303 e. The summed E-state index contributed by atoms with van der Waals surface area (Å²) in [5.41, 5.74) is 0.475. The Hall–Kier alpha value is -1.79. The van der Waals surface area contributed by atoms with Crippen LogP contribution in [0.1, 0.15) is 104 Å². The molecule has 2 N–H and O–H groups in total. The van der Waals surface area contributed by atoms with Gasteiger partial charge >= 0.3 is 5.97 Å². The van der Waals surface area contributed by atoms with Gasteiger partial charge in [-0.15, -0.1) is 0 Å². The van der Waals surface area contributed by atoms with E-state index in [0.29, 0.717) is 54.3 Å². The zero-order valence-electron chi connectivity index (χ0n) is 24.1. The number of ether oxygens (including phenoxy) is 1. The number of esters is 1. The Morgan fingerprint density at radius 3 is 2.44 bits per heavy atom. The molecule has 5 rings (SSSR count). The summed E-state index contributed by atoms with van der Waals surface area (Å²) in [6.45, 7) is 8.40. The first kappa shape index (κ1) is 28.7. The van der Waals surface area contributed by atoms with Crippen molar-refractivity contribution >= 4 is 11.8 Å². The predicted molar refractivity (Wildman–Crippen MR) is 147 cm³/mol. The molecule has 0 radical (unpaired) electrons. The van der Waals surface area contributed by atoms with E-state index >= 15 is 0 Å².